The van der Waals surface area contributed by atoms with Gasteiger partial charge >= 0.3 is 0 Å². The summed E-state index contributed by atoms with van der Waals surface area (Å²) >= 11 is 0. The zero-order valence-electron chi connectivity index (χ0n) is 10.9. The van der Waals surface area contributed by atoms with Crippen LogP contribution in [-0.4, -0.2) is 11.6 Å². The van der Waals surface area contributed by atoms with Gasteiger partial charge in [-0.2, -0.15) is 5.26 Å². The number of hydrogen-bond acceptors (Lipinski definition) is 3. The molecule has 0 amide bonds. The minimum Gasteiger partial charge on any atom is -0.494 e. The molecule has 0 fully saturated rings. The van der Waals surface area contributed by atoms with Crippen molar-refractivity contribution in [1.82, 2.24) is 4.98 Å². The summed E-state index contributed by atoms with van der Waals surface area (Å²) in [5.74, 6) is 0.699. The minimum absolute atomic E-state index is 0.141. The largest absolute Gasteiger partial charge is 0.494 e. The van der Waals surface area contributed by atoms with Crippen molar-refractivity contribution < 1.29 is 4.74 Å². The highest BCUT2D eigenvalue weighted by Crippen LogP contribution is 2.22. The predicted molar refractivity (Wildman–Crippen MR) is 73.9 cm³/mol. The lowest BCUT2D eigenvalue weighted by Crippen LogP contribution is -2.01. The molecule has 0 spiro atoms. The van der Waals surface area contributed by atoms with Crippen molar-refractivity contribution >= 4 is 0 Å². The fourth-order valence-electron chi connectivity index (χ4n) is 1.96. The quantitative estimate of drug-likeness (QED) is 0.820. The van der Waals surface area contributed by atoms with Crippen LogP contribution in [0.25, 0.3) is 0 Å². The molecule has 0 aliphatic rings. The number of pyridine rings is 1. The monoisotopic (exact) mass is 252 g/mol. The van der Waals surface area contributed by atoms with E-state index in [9.17, 15) is 5.26 Å². The van der Waals surface area contributed by atoms with Gasteiger partial charge in [0.25, 0.3) is 0 Å². The molecular weight excluding hydrogens is 236 g/mol. The molecule has 2 rings (SSSR count). The van der Waals surface area contributed by atoms with Crippen LogP contribution in [0.15, 0.2) is 48.8 Å². The van der Waals surface area contributed by atoms with E-state index < -0.39 is 0 Å². The molecule has 0 aliphatic carbocycles. The van der Waals surface area contributed by atoms with Gasteiger partial charge in [-0.15, -0.1) is 0 Å². The fourth-order valence-corrected chi connectivity index (χ4v) is 1.96. The SMILES string of the molecule is CCOc1ccc(C(C#N)Cc2ccncc2)cc1. The van der Waals surface area contributed by atoms with Crippen LogP contribution < -0.4 is 4.74 Å². The third-order valence-corrected chi connectivity index (χ3v) is 2.94. The highest BCUT2D eigenvalue weighted by atomic mass is 16.5. The Morgan fingerprint density at radius 1 is 1.16 bits per heavy atom. The first-order valence-corrected chi connectivity index (χ1v) is 6.34. The molecule has 1 unspecified atom stereocenters. The van der Waals surface area contributed by atoms with Crippen LogP contribution in [0.5, 0.6) is 5.75 Å². The van der Waals surface area contributed by atoms with Gasteiger partial charge in [-0.05, 0) is 48.7 Å². The van der Waals surface area contributed by atoms with Gasteiger partial charge in [0.05, 0.1) is 18.6 Å². The number of nitrogens with zero attached hydrogens (tertiary/aromatic N) is 2. The Labute approximate surface area is 113 Å². The number of hydrogen-bond donors (Lipinski definition) is 0. The standard InChI is InChI=1S/C16H16N2O/c1-2-19-16-5-3-14(4-6-16)15(12-17)11-13-7-9-18-10-8-13/h3-10,15H,2,11H2,1H3. The van der Waals surface area contributed by atoms with E-state index in [1.165, 1.54) is 0 Å². The van der Waals surface area contributed by atoms with Crippen LogP contribution in [0.2, 0.25) is 0 Å². The third-order valence-electron chi connectivity index (χ3n) is 2.94. The molecule has 96 valence electrons. The van der Waals surface area contributed by atoms with Gasteiger partial charge < -0.3 is 4.74 Å². The van der Waals surface area contributed by atoms with Gasteiger partial charge in [0.2, 0.25) is 0 Å². The Morgan fingerprint density at radius 2 is 1.84 bits per heavy atom. The van der Waals surface area contributed by atoms with Crippen LogP contribution in [0.3, 0.4) is 0 Å². The van der Waals surface area contributed by atoms with Crippen molar-refractivity contribution in [3.05, 3.63) is 59.9 Å². The summed E-state index contributed by atoms with van der Waals surface area (Å²) in [4.78, 5) is 3.98. The van der Waals surface area contributed by atoms with Crippen molar-refractivity contribution in [2.24, 2.45) is 0 Å². The average Bonchev–Trinajstić information content (AvgIpc) is 2.47. The molecule has 3 heteroatoms. The number of benzene rings is 1. The molecule has 1 heterocycles. The number of aromatic nitrogens is 1. The maximum atomic E-state index is 9.32. The van der Waals surface area contributed by atoms with E-state index >= 15 is 0 Å². The number of ether oxygens (including phenoxy) is 1. The molecule has 2 aromatic rings. The Morgan fingerprint density at radius 3 is 2.42 bits per heavy atom. The Bertz CT molecular complexity index is 543. The van der Waals surface area contributed by atoms with E-state index in [0.29, 0.717) is 13.0 Å². The topological polar surface area (TPSA) is 45.9 Å². The van der Waals surface area contributed by atoms with Crippen molar-refractivity contribution in [3.63, 3.8) is 0 Å². The molecular formula is C16H16N2O. The highest BCUT2D eigenvalue weighted by Gasteiger charge is 2.11. The summed E-state index contributed by atoms with van der Waals surface area (Å²) in [5.41, 5.74) is 2.14. The zero-order chi connectivity index (χ0) is 13.5. The molecule has 1 atom stereocenters. The minimum atomic E-state index is -0.141. The Kier molecular flexibility index (Phi) is 4.52. The Hall–Kier alpha value is -2.34. The normalized spacial score (nSPS) is 11.6. The lowest BCUT2D eigenvalue weighted by atomic mass is 9.94. The number of nitriles is 1. The second-order valence-corrected chi connectivity index (χ2v) is 4.24. The molecule has 0 saturated heterocycles. The molecule has 0 bridgehead atoms. The van der Waals surface area contributed by atoms with E-state index in [0.717, 1.165) is 16.9 Å². The van der Waals surface area contributed by atoms with Gasteiger partial charge in [-0.25, -0.2) is 0 Å². The Balaban J connectivity index is 2.12. The van der Waals surface area contributed by atoms with Crippen LogP contribution >= 0.6 is 0 Å². The first-order valence-electron chi connectivity index (χ1n) is 6.34. The second kappa shape index (κ2) is 6.55. The van der Waals surface area contributed by atoms with Gasteiger partial charge in [0, 0.05) is 12.4 Å². The first kappa shape index (κ1) is 13.1. The third kappa shape index (κ3) is 3.56. The summed E-state index contributed by atoms with van der Waals surface area (Å²) < 4.78 is 5.40. The van der Waals surface area contributed by atoms with E-state index in [4.69, 9.17) is 4.74 Å². The maximum Gasteiger partial charge on any atom is 0.119 e. The zero-order valence-corrected chi connectivity index (χ0v) is 10.9. The van der Waals surface area contributed by atoms with Gasteiger partial charge in [-0.1, -0.05) is 12.1 Å². The molecule has 0 N–H and O–H groups in total. The fraction of sp³-hybridized carbons (Fsp3) is 0.250. The molecule has 1 aromatic heterocycles. The lowest BCUT2D eigenvalue weighted by molar-refractivity contribution is 0.340. The summed E-state index contributed by atoms with van der Waals surface area (Å²) in [6, 6.07) is 14.0. The smallest absolute Gasteiger partial charge is 0.119 e. The van der Waals surface area contributed by atoms with Gasteiger partial charge in [0.1, 0.15) is 5.75 Å². The maximum absolute atomic E-state index is 9.32. The molecule has 19 heavy (non-hydrogen) atoms. The van der Waals surface area contributed by atoms with Crippen LogP contribution in [0.1, 0.15) is 24.0 Å². The van der Waals surface area contributed by atoms with E-state index in [1.807, 2.05) is 43.3 Å². The number of rotatable bonds is 5. The molecule has 0 saturated carbocycles. The lowest BCUT2D eigenvalue weighted by Gasteiger charge is -2.10. The summed E-state index contributed by atoms with van der Waals surface area (Å²) in [5, 5.41) is 9.32. The first-order chi connectivity index (χ1) is 9.33. The average molecular weight is 252 g/mol. The highest BCUT2D eigenvalue weighted by molar-refractivity contribution is 5.33. The van der Waals surface area contributed by atoms with Crippen molar-refractivity contribution in [3.8, 4) is 11.8 Å². The van der Waals surface area contributed by atoms with E-state index in [1.54, 1.807) is 12.4 Å². The second-order valence-electron chi connectivity index (χ2n) is 4.24. The van der Waals surface area contributed by atoms with Crippen LogP contribution in [0.4, 0.5) is 0 Å². The van der Waals surface area contributed by atoms with Gasteiger partial charge in [0.15, 0.2) is 0 Å². The molecule has 3 nitrogen and oxygen atoms in total. The summed E-state index contributed by atoms with van der Waals surface area (Å²) in [6.07, 6.45) is 4.21. The molecule has 1 aromatic carbocycles. The molecule has 0 aliphatic heterocycles. The van der Waals surface area contributed by atoms with Gasteiger partial charge in [-0.3, -0.25) is 4.98 Å². The van der Waals surface area contributed by atoms with Crippen molar-refractivity contribution in [1.29, 1.82) is 5.26 Å². The predicted octanol–water partition coefficient (Wildman–Crippen LogP) is 3.33. The van der Waals surface area contributed by atoms with Crippen LogP contribution in [-0.2, 0) is 6.42 Å². The van der Waals surface area contributed by atoms with Crippen LogP contribution in [0, 0.1) is 11.3 Å². The van der Waals surface area contributed by atoms with Crippen molar-refractivity contribution in [2.45, 2.75) is 19.3 Å². The summed E-state index contributed by atoms with van der Waals surface area (Å²) in [7, 11) is 0. The molecule has 0 radical (unpaired) electrons. The van der Waals surface area contributed by atoms with E-state index in [2.05, 4.69) is 11.1 Å². The summed E-state index contributed by atoms with van der Waals surface area (Å²) in [6.45, 7) is 2.60. The van der Waals surface area contributed by atoms with E-state index in [-0.39, 0.29) is 5.92 Å². The van der Waals surface area contributed by atoms with Crippen molar-refractivity contribution in [2.75, 3.05) is 6.61 Å².